The Kier molecular flexibility index (Phi) is 4.99. The second-order valence-electron chi connectivity index (χ2n) is 2.59. The second-order valence-corrected chi connectivity index (χ2v) is 3.02. The first-order chi connectivity index (χ1) is 5.65. The maximum Gasteiger partial charge on any atom is 0.176 e. The molecule has 1 aromatic carbocycles. The predicted octanol–water partition coefficient (Wildman–Crippen LogP) is 2.21. The van der Waals surface area contributed by atoms with E-state index >= 15 is 0 Å². The van der Waals surface area contributed by atoms with E-state index in [1.165, 1.54) is 0 Å². The van der Waals surface area contributed by atoms with Crippen molar-refractivity contribution in [2.24, 2.45) is 5.73 Å². The number of Topliss-reactive ketones (excluding diaryl/α,β-unsaturated/α-hetero) is 1. The number of ketones is 1. The van der Waals surface area contributed by atoms with E-state index in [4.69, 9.17) is 17.3 Å². The van der Waals surface area contributed by atoms with Crippen molar-refractivity contribution in [3.05, 3.63) is 34.3 Å². The molecule has 0 amide bonds. The summed E-state index contributed by atoms with van der Waals surface area (Å²) in [6, 6.07) is 5.15. The van der Waals surface area contributed by atoms with Crippen molar-refractivity contribution >= 4 is 29.8 Å². The fraction of sp³-hybridized carbons (Fsp3) is 0.222. The van der Waals surface area contributed by atoms with Crippen LogP contribution in [0.4, 0.5) is 0 Å². The lowest BCUT2D eigenvalue weighted by atomic mass is 10.1. The predicted molar refractivity (Wildman–Crippen MR) is 56.8 cm³/mol. The van der Waals surface area contributed by atoms with E-state index in [0.717, 1.165) is 5.56 Å². The molecule has 0 unspecified atom stereocenters. The molecule has 0 aliphatic carbocycles. The van der Waals surface area contributed by atoms with Crippen molar-refractivity contribution in [3.63, 3.8) is 0 Å². The Hall–Kier alpha value is -0.570. The summed E-state index contributed by atoms with van der Waals surface area (Å²) in [7, 11) is 0. The number of hydrogen-bond donors (Lipinski definition) is 1. The molecule has 1 rings (SSSR count). The molecule has 0 saturated heterocycles. The van der Waals surface area contributed by atoms with Crippen LogP contribution < -0.4 is 5.73 Å². The van der Waals surface area contributed by atoms with Gasteiger partial charge in [0.25, 0.3) is 0 Å². The van der Waals surface area contributed by atoms with E-state index in [-0.39, 0.29) is 24.7 Å². The van der Waals surface area contributed by atoms with Gasteiger partial charge in [-0.2, -0.15) is 0 Å². The summed E-state index contributed by atoms with van der Waals surface area (Å²) in [6.07, 6.45) is 0. The average Bonchev–Trinajstić information content (AvgIpc) is 2.03. The molecular formula is C9H11Cl2NO. The number of nitrogens with two attached hydrogens (primary N) is 1. The Morgan fingerprint density at radius 2 is 2.15 bits per heavy atom. The highest BCUT2D eigenvalue weighted by Gasteiger charge is 2.06. The fourth-order valence-electron chi connectivity index (χ4n) is 1.05. The van der Waals surface area contributed by atoms with Crippen LogP contribution in [0, 0.1) is 6.92 Å². The summed E-state index contributed by atoms with van der Waals surface area (Å²) in [6.45, 7) is 1.89. The molecule has 13 heavy (non-hydrogen) atoms. The first kappa shape index (κ1) is 12.4. The van der Waals surface area contributed by atoms with Gasteiger partial charge in [-0.05, 0) is 30.7 Å². The van der Waals surface area contributed by atoms with Gasteiger partial charge >= 0.3 is 0 Å². The van der Waals surface area contributed by atoms with Crippen molar-refractivity contribution in [2.75, 3.05) is 6.54 Å². The first-order valence-electron chi connectivity index (χ1n) is 3.64. The van der Waals surface area contributed by atoms with Gasteiger partial charge in [-0.3, -0.25) is 4.79 Å². The molecule has 72 valence electrons. The molecule has 0 aliphatic heterocycles. The highest BCUT2D eigenvalue weighted by atomic mass is 35.5. The summed E-state index contributed by atoms with van der Waals surface area (Å²) in [5.74, 6) is -0.0517. The van der Waals surface area contributed by atoms with Crippen molar-refractivity contribution in [2.45, 2.75) is 6.92 Å². The van der Waals surface area contributed by atoms with Gasteiger partial charge in [-0.15, -0.1) is 12.4 Å². The van der Waals surface area contributed by atoms with Gasteiger partial charge in [0, 0.05) is 10.6 Å². The van der Waals surface area contributed by atoms with E-state index in [2.05, 4.69) is 0 Å². The lowest BCUT2D eigenvalue weighted by Gasteiger charge is -2.02. The van der Waals surface area contributed by atoms with Crippen LogP contribution in [0.1, 0.15) is 15.9 Å². The number of hydrogen-bond acceptors (Lipinski definition) is 2. The largest absolute Gasteiger partial charge is 0.324 e. The number of rotatable bonds is 2. The zero-order valence-corrected chi connectivity index (χ0v) is 8.78. The number of aryl methyl sites for hydroxylation is 1. The van der Waals surface area contributed by atoms with Gasteiger partial charge < -0.3 is 5.73 Å². The summed E-state index contributed by atoms with van der Waals surface area (Å²) < 4.78 is 0. The van der Waals surface area contributed by atoms with E-state index in [0.29, 0.717) is 10.6 Å². The summed E-state index contributed by atoms with van der Waals surface area (Å²) in [5, 5.41) is 0.640. The molecule has 0 saturated carbocycles. The molecule has 0 heterocycles. The van der Waals surface area contributed by atoms with E-state index in [9.17, 15) is 4.79 Å². The third kappa shape index (κ3) is 2.99. The molecule has 0 radical (unpaired) electrons. The first-order valence-corrected chi connectivity index (χ1v) is 4.02. The lowest BCUT2D eigenvalue weighted by Crippen LogP contribution is -2.14. The zero-order chi connectivity index (χ0) is 9.14. The van der Waals surface area contributed by atoms with E-state index in [1.54, 1.807) is 18.2 Å². The average molecular weight is 220 g/mol. The lowest BCUT2D eigenvalue weighted by molar-refractivity contribution is 0.100. The molecule has 0 aliphatic rings. The van der Waals surface area contributed by atoms with Gasteiger partial charge in [0.1, 0.15) is 0 Å². The van der Waals surface area contributed by atoms with Crippen LogP contribution in [0.25, 0.3) is 0 Å². The maximum atomic E-state index is 11.2. The molecule has 0 bridgehead atoms. The molecule has 2 N–H and O–H groups in total. The van der Waals surface area contributed by atoms with Gasteiger partial charge in [0.15, 0.2) is 5.78 Å². The summed E-state index contributed by atoms with van der Waals surface area (Å²) >= 11 is 5.72. The molecule has 1 aromatic rings. The summed E-state index contributed by atoms with van der Waals surface area (Å²) in [4.78, 5) is 11.2. The Balaban J connectivity index is 0.00000144. The normalized spacial score (nSPS) is 9.15. The minimum absolute atomic E-state index is 0. The zero-order valence-electron chi connectivity index (χ0n) is 7.21. The van der Waals surface area contributed by atoms with Crippen LogP contribution in [-0.4, -0.2) is 12.3 Å². The third-order valence-corrected chi connectivity index (χ3v) is 1.91. The van der Waals surface area contributed by atoms with Crippen LogP contribution in [0.2, 0.25) is 5.02 Å². The Morgan fingerprint density at radius 3 is 2.62 bits per heavy atom. The van der Waals surface area contributed by atoms with Crippen LogP contribution in [0.5, 0.6) is 0 Å². The standard InChI is InChI=1S/C9H10ClNO.ClH/c1-6-4-7(10)2-3-8(6)9(12)5-11;/h2-4H,5,11H2,1H3;1H. The number of halogens is 2. The second kappa shape index (κ2) is 5.22. The monoisotopic (exact) mass is 219 g/mol. The van der Waals surface area contributed by atoms with Gasteiger partial charge in [0.05, 0.1) is 6.54 Å². The van der Waals surface area contributed by atoms with Crippen molar-refractivity contribution < 1.29 is 4.79 Å². The molecule has 0 atom stereocenters. The smallest absolute Gasteiger partial charge is 0.176 e. The SMILES string of the molecule is Cc1cc(Cl)ccc1C(=O)CN.Cl. The van der Waals surface area contributed by atoms with Gasteiger partial charge in [-0.25, -0.2) is 0 Å². The van der Waals surface area contributed by atoms with Crippen LogP contribution in [-0.2, 0) is 0 Å². The molecule has 2 nitrogen and oxygen atoms in total. The van der Waals surface area contributed by atoms with Crippen LogP contribution in [0.15, 0.2) is 18.2 Å². The minimum atomic E-state index is -0.0517. The van der Waals surface area contributed by atoms with Crippen molar-refractivity contribution in [1.29, 1.82) is 0 Å². The fourth-order valence-corrected chi connectivity index (χ4v) is 1.28. The Labute approximate surface area is 88.5 Å². The molecule has 0 aromatic heterocycles. The van der Waals surface area contributed by atoms with E-state index in [1.807, 2.05) is 6.92 Å². The van der Waals surface area contributed by atoms with Crippen LogP contribution >= 0.6 is 24.0 Å². The minimum Gasteiger partial charge on any atom is -0.324 e. The number of benzene rings is 1. The Bertz CT molecular complexity index is 312. The third-order valence-electron chi connectivity index (χ3n) is 1.67. The topological polar surface area (TPSA) is 43.1 Å². The quantitative estimate of drug-likeness (QED) is 0.776. The Morgan fingerprint density at radius 1 is 1.54 bits per heavy atom. The van der Waals surface area contributed by atoms with Gasteiger partial charge in [0.2, 0.25) is 0 Å². The highest BCUT2D eigenvalue weighted by Crippen LogP contribution is 2.15. The number of carbonyl (C=O) groups is 1. The number of carbonyl (C=O) groups excluding carboxylic acids is 1. The maximum absolute atomic E-state index is 11.2. The van der Waals surface area contributed by atoms with Crippen LogP contribution in [0.3, 0.4) is 0 Å². The molecule has 0 fully saturated rings. The summed E-state index contributed by atoms with van der Waals surface area (Å²) in [5.41, 5.74) is 6.76. The highest BCUT2D eigenvalue weighted by molar-refractivity contribution is 6.30. The van der Waals surface area contributed by atoms with Crippen molar-refractivity contribution in [3.8, 4) is 0 Å². The van der Waals surface area contributed by atoms with Gasteiger partial charge in [-0.1, -0.05) is 11.6 Å². The van der Waals surface area contributed by atoms with Crippen molar-refractivity contribution in [1.82, 2.24) is 0 Å². The molecular weight excluding hydrogens is 209 g/mol. The molecule has 0 spiro atoms. The van der Waals surface area contributed by atoms with E-state index < -0.39 is 0 Å². The molecule has 4 heteroatoms.